The van der Waals surface area contributed by atoms with Crippen molar-refractivity contribution >= 4 is 17.4 Å². The monoisotopic (exact) mass is 246 g/mol. The number of aryl methyl sites for hydroxylation is 1. The summed E-state index contributed by atoms with van der Waals surface area (Å²) >= 11 is 5.83. The number of rotatable bonds is 2. The Bertz CT molecular complexity index is 576. The molecule has 3 heteroatoms. The van der Waals surface area contributed by atoms with Crippen molar-refractivity contribution in [1.29, 1.82) is 0 Å². The van der Waals surface area contributed by atoms with Gasteiger partial charge in [0, 0.05) is 10.6 Å². The molecule has 2 aromatic rings. The van der Waals surface area contributed by atoms with Crippen molar-refractivity contribution in [2.75, 3.05) is 0 Å². The molecule has 0 unspecified atom stereocenters. The van der Waals surface area contributed by atoms with Crippen LogP contribution >= 0.6 is 11.6 Å². The average molecular weight is 247 g/mol. The van der Waals surface area contributed by atoms with Gasteiger partial charge in [0.05, 0.1) is 5.56 Å². The molecule has 17 heavy (non-hydrogen) atoms. The van der Waals surface area contributed by atoms with E-state index in [1.165, 1.54) is 0 Å². The zero-order chi connectivity index (χ0) is 12.4. The Labute approximate surface area is 104 Å². The molecule has 0 spiro atoms. The highest BCUT2D eigenvalue weighted by Gasteiger charge is 2.13. The van der Waals surface area contributed by atoms with E-state index in [4.69, 9.17) is 11.6 Å². The number of halogens is 1. The molecule has 0 aliphatic rings. The Balaban J connectivity index is 2.44. The molecular weight excluding hydrogens is 236 g/mol. The van der Waals surface area contributed by atoms with Crippen LogP contribution in [0, 0.1) is 6.92 Å². The fourth-order valence-corrected chi connectivity index (χ4v) is 1.81. The maximum atomic E-state index is 12.1. The summed E-state index contributed by atoms with van der Waals surface area (Å²) in [4.78, 5) is 12.1. The predicted molar refractivity (Wildman–Crippen MR) is 67.7 cm³/mol. The van der Waals surface area contributed by atoms with Gasteiger partial charge in [-0.05, 0) is 36.8 Å². The molecular formula is C14H11ClO2. The number of benzene rings is 2. The Hall–Kier alpha value is -1.80. The zero-order valence-electron chi connectivity index (χ0n) is 9.27. The summed E-state index contributed by atoms with van der Waals surface area (Å²) in [5.41, 5.74) is 1.67. The van der Waals surface area contributed by atoms with Crippen molar-refractivity contribution < 1.29 is 9.90 Å². The van der Waals surface area contributed by atoms with Gasteiger partial charge in [-0.1, -0.05) is 29.8 Å². The normalized spacial score (nSPS) is 10.2. The summed E-state index contributed by atoms with van der Waals surface area (Å²) < 4.78 is 0. The minimum Gasteiger partial charge on any atom is -0.507 e. The molecule has 0 heterocycles. The van der Waals surface area contributed by atoms with Crippen molar-refractivity contribution in [1.82, 2.24) is 0 Å². The summed E-state index contributed by atoms with van der Waals surface area (Å²) in [5, 5.41) is 10.2. The van der Waals surface area contributed by atoms with Crippen LogP contribution in [0.5, 0.6) is 5.75 Å². The van der Waals surface area contributed by atoms with Gasteiger partial charge in [0.1, 0.15) is 5.75 Å². The van der Waals surface area contributed by atoms with Gasteiger partial charge >= 0.3 is 0 Å². The molecule has 0 atom stereocenters. The van der Waals surface area contributed by atoms with E-state index in [0.717, 1.165) is 5.56 Å². The van der Waals surface area contributed by atoms with Crippen molar-refractivity contribution in [3.8, 4) is 5.75 Å². The molecule has 2 nitrogen and oxygen atoms in total. The third-order valence-corrected chi connectivity index (χ3v) is 2.72. The van der Waals surface area contributed by atoms with Crippen molar-refractivity contribution in [2.45, 2.75) is 6.92 Å². The average Bonchev–Trinajstić information content (AvgIpc) is 2.28. The van der Waals surface area contributed by atoms with Crippen molar-refractivity contribution in [3.05, 3.63) is 64.2 Å². The van der Waals surface area contributed by atoms with Crippen LogP contribution in [-0.4, -0.2) is 10.9 Å². The van der Waals surface area contributed by atoms with Gasteiger partial charge in [0.15, 0.2) is 5.78 Å². The van der Waals surface area contributed by atoms with E-state index < -0.39 is 0 Å². The lowest BCUT2D eigenvalue weighted by atomic mass is 10.0. The Morgan fingerprint density at radius 2 is 1.94 bits per heavy atom. The second-order valence-electron chi connectivity index (χ2n) is 3.86. The first-order chi connectivity index (χ1) is 8.08. The smallest absolute Gasteiger partial charge is 0.196 e. The van der Waals surface area contributed by atoms with Crippen LogP contribution in [0.15, 0.2) is 42.5 Å². The minimum atomic E-state index is -0.231. The van der Waals surface area contributed by atoms with E-state index in [0.29, 0.717) is 10.6 Å². The molecule has 0 radical (unpaired) electrons. The third kappa shape index (κ3) is 2.48. The topological polar surface area (TPSA) is 37.3 Å². The third-order valence-electron chi connectivity index (χ3n) is 2.48. The molecule has 0 amide bonds. The molecule has 0 bridgehead atoms. The number of hydrogen-bond donors (Lipinski definition) is 1. The molecule has 0 aromatic heterocycles. The van der Waals surface area contributed by atoms with Gasteiger partial charge in [0.2, 0.25) is 0 Å². The highest BCUT2D eigenvalue weighted by atomic mass is 35.5. The molecule has 0 saturated heterocycles. The predicted octanol–water partition coefficient (Wildman–Crippen LogP) is 3.59. The number of carbonyl (C=O) groups excluding carboxylic acids is 1. The Kier molecular flexibility index (Phi) is 3.16. The number of ketones is 1. The van der Waals surface area contributed by atoms with E-state index in [2.05, 4.69) is 0 Å². The molecule has 2 aromatic carbocycles. The van der Waals surface area contributed by atoms with Crippen LogP contribution in [0.3, 0.4) is 0 Å². The summed E-state index contributed by atoms with van der Waals surface area (Å²) in [6.45, 7) is 1.85. The lowest BCUT2D eigenvalue weighted by Gasteiger charge is -2.05. The first kappa shape index (κ1) is 11.7. The quantitative estimate of drug-likeness (QED) is 0.823. The fraction of sp³-hybridized carbons (Fsp3) is 0.0714. The molecule has 0 saturated carbocycles. The minimum absolute atomic E-state index is 0.00465. The van der Waals surface area contributed by atoms with Crippen LogP contribution in [0.2, 0.25) is 5.02 Å². The number of phenolic OH excluding ortho intramolecular Hbond substituents is 1. The molecule has 0 fully saturated rings. The van der Waals surface area contributed by atoms with Crippen LogP contribution in [0.1, 0.15) is 21.5 Å². The number of aromatic hydroxyl groups is 1. The van der Waals surface area contributed by atoms with E-state index >= 15 is 0 Å². The highest BCUT2D eigenvalue weighted by Crippen LogP contribution is 2.22. The van der Waals surface area contributed by atoms with E-state index in [-0.39, 0.29) is 17.1 Å². The van der Waals surface area contributed by atoms with Gasteiger partial charge < -0.3 is 5.11 Å². The molecule has 2 rings (SSSR count). The van der Waals surface area contributed by atoms with Crippen LogP contribution in [-0.2, 0) is 0 Å². The Morgan fingerprint density at radius 3 is 2.59 bits per heavy atom. The summed E-state index contributed by atoms with van der Waals surface area (Å²) in [6, 6.07) is 11.6. The standard InChI is InChI=1S/C14H11ClO2/c1-9-5-6-12(13(16)7-9)14(17)10-3-2-4-11(15)8-10/h2-8,16H,1H3. The second kappa shape index (κ2) is 4.60. The summed E-state index contributed by atoms with van der Waals surface area (Å²) in [6.07, 6.45) is 0. The first-order valence-corrected chi connectivity index (χ1v) is 5.55. The van der Waals surface area contributed by atoms with Gasteiger partial charge in [-0.3, -0.25) is 4.79 Å². The van der Waals surface area contributed by atoms with Crippen molar-refractivity contribution in [3.63, 3.8) is 0 Å². The lowest BCUT2D eigenvalue weighted by Crippen LogP contribution is -2.01. The molecule has 1 N–H and O–H groups in total. The van der Waals surface area contributed by atoms with Crippen LogP contribution < -0.4 is 0 Å². The maximum absolute atomic E-state index is 12.1. The largest absolute Gasteiger partial charge is 0.507 e. The van der Waals surface area contributed by atoms with Gasteiger partial charge in [0.25, 0.3) is 0 Å². The van der Waals surface area contributed by atoms with Gasteiger partial charge in [-0.25, -0.2) is 0 Å². The van der Waals surface area contributed by atoms with Crippen LogP contribution in [0.25, 0.3) is 0 Å². The van der Waals surface area contributed by atoms with Gasteiger partial charge in [-0.15, -0.1) is 0 Å². The lowest BCUT2D eigenvalue weighted by molar-refractivity contribution is 0.103. The molecule has 0 aliphatic carbocycles. The summed E-state index contributed by atoms with van der Waals surface area (Å²) in [5.74, 6) is -0.236. The second-order valence-corrected chi connectivity index (χ2v) is 4.30. The number of hydrogen-bond acceptors (Lipinski definition) is 2. The van der Waals surface area contributed by atoms with Crippen molar-refractivity contribution in [2.24, 2.45) is 0 Å². The van der Waals surface area contributed by atoms with Gasteiger partial charge in [-0.2, -0.15) is 0 Å². The highest BCUT2D eigenvalue weighted by molar-refractivity contribution is 6.31. The summed E-state index contributed by atoms with van der Waals surface area (Å²) in [7, 11) is 0. The molecule has 0 aliphatic heterocycles. The number of carbonyl (C=O) groups is 1. The zero-order valence-corrected chi connectivity index (χ0v) is 10.0. The fourth-order valence-electron chi connectivity index (χ4n) is 1.62. The van der Waals surface area contributed by atoms with E-state index in [1.807, 2.05) is 6.92 Å². The SMILES string of the molecule is Cc1ccc(C(=O)c2cccc(Cl)c2)c(O)c1. The number of phenols is 1. The van der Waals surface area contributed by atoms with E-state index in [9.17, 15) is 9.90 Å². The van der Waals surface area contributed by atoms with Crippen LogP contribution in [0.4, 0.5) is 0 Å². The Morgan fingerprint density at radius 1 is 1.18 bits per heavy atom. The maximum Gasteiger partial charge on any atom is 0.196 e. The van der Waals surface area contributed by atoms with E-state index in [1.54, 1.807) is 42.5 Å². The first-order valence-electron chi connectivity index (χ1n) is 5.18. The molecule has 86 valence electrons.